The molecule has 1 saturated heterocycles. The summed E-state index contributed by atoms with van der Waals surface area (Å²) in [5.74, 6) is 0.975. The molecule has 3 nitrogen and oxygen atoms in total. The van der Waals surface area contributed by atoms with Crippen molar-refractivity contribution in [2.24, 2.45) is 5.92 Å². The van der Waals surface area contributed by atoms with E-state index in [1.165, 1.54) is 32.2 Å². The van der Waals surface area contributed by atoms with Gasteiger partial charge < -0.3 is 10.1 Å². The molecule has 2 rings (SSSR count). The number of hydrogen-bond acceptors (Lipinski definition) is 3. The molecule has 2 aliphatic rings. The first-order chi connectivity index (χ1) is 8.28. The third-order valence-electron chi connectivity index (χ3n) is 4.27. The molecule has 0 aromatic heterocycles. The highest BCUT2D eigenvalue weighted by Gasteiger charge is 2.24. The monoisotopic (exact) mass is 240 g/mol. The molecule has 1 saturated carbocycles. The fourth-order valence-electron chi connectivity index (χ4n) is 3.22. The van der Waals surface area contributed by atoms with Crippen molar-refractivity contribution in [1.29, 1.82) is 0 Å². The van der Waals surface area contributed by atoms with Gasteiger partial charge in [0.1, 0.15) is 0 Å². The predicted octanol–water partition coefficient (Wildman–Crippen LogP) is 1.88. The fourth-order valence-corrected chi connectivity index (χ4v) is 3.22. The van der Waals surface area contributed by atoms with E-state index in [0.29, 0.717) is 6.04 Å². The highest BCUT2D eigenvalue weighted by Crippen LogP contribution is 2.28. The van der Waals surface area contributed by atoms with Crippen LogP contribution in [0.25, 0.3) is 0 Å². The maximum absolute atomic E-state index is 5.38. The van der Waals surface area contributed by atoms with E-state index in [4.69, 9.17) is 4.74 Å². The standard InChI is InChI=1S/C14H28N2O/c1-3-13-4-5-14(10-13)15-12(2)11-16-6-8-17-9-7-16/h12-15H,3-11H2,1-2H3. The molecule has 3 atom stereocenters. The van der Waals surface area contributed by atoms with Gasteiger partial charge >= 0.3 is 0 Å². The molecule has 1 N–H and O–H groups in total. The van der Waals surface area contributed by atoms with Gasteiger partial charge in [-0.05, 0) is 32.1 Å². The minimum absolute atomic E-state index is 0.619. The molecule has 0 aromatic carbocycles. The molecule has 3 heteroatoms. The topological polar surface area (TPSA) is 24.5 Å². The van der Waals surface area contributed by atoms with Gasteiger partial charge in [0.15, 0.2) is 0 Å². The number of hydrogen-bond donors (Lipinski definition) is 1. The first kappa shape index (κ1) is 13.3. The first-order valence-corrected chi connectivity index (χ1v) is 7.34. The average molecular weight is 240 g/mol. The molecule has 1 aliphatic carbocycles. The van der Waals surface area contributed by atoms with Crippen LogP contribution in [-0.2, 0) is 4.74 Å². The Morgan fingerprint density at radius 2 is 2.06 bits per heavy atom. The average Bonchev–Trinajstić information content (AvgIpc) is 2.78. The van der Waals surface area contributed by atoms with Crippen molar-refractivity contribution in [3.63, 3.8) is 0 Å². The van der Waals surface area contributed by atoms with Crippen LogP contribution in [-0.4, -0.2) is 49.8 Å². The van der Waals surface area contributed by atoms with Crippen LogP contribution >= 0.6 is 0 Å². The first-order valence-electron chi connectivity index (χ1n) is 7.34. The van der Waals surface area contributed by atoms with Crippen molar-refractivity contribution in [3.05, 3.63) is 0 Å². The Labute approximate surface area is 106 Å². The lowest BCUT2D eigenvalue weighted by Gasteiger charge is -2.30. The van der Waals surface area contributed by atoms with Crippen LogP contribution in [0.4, 0.5) is 0 Å². The summed E-state index contributed by atoms with van der Waals surface area (Å²) in [5.41, 5.74) is 0. The third kappa shape index (κ3) is 4.23. The summed E-state index contributed by atoms with van der Waals surface area (Å²) in [6.45, 7) is 9.86. The van der Waals surface area contributed by atoms with Crippen molar-refractivity contribution < 1.29 is 4.74 Å². The van der Waals surface area contributed by atoms with Crippen LogP contribution in [0, 0.1) is 5.92 Å². The Bertz CT molecular complexity index is 216. The Hall–Kier alpha value is -0.120. The second-order valence-corrected chi connectivity index (χ2v) is 5.76. The summed E-state index contributed by atoms with van der Waals surface area (Å²) in [7, 11) is 0. The smallest absolute Gasteiger partial charge is 0.0594 e. The highest BCUT2D eigenvalue weighted by molar-refractivity contribution is 4.83. The lowest BCUT2D eigenvalue weighted by Crippen LogP contribution is -2.46. The van der Waals surface area contributed by atoms with Crippen molar-refractivity contribution in [2.75, 3.05) is 32.8 Å². The Morgan fingerprint density at radius 3 is 2.71 bits per heavy atom. The van der Waals surface area contributed by atoms with E-state index in [2.05, 4.69) is 24.1 Å². The molecule has 0 spiro atoms. The van der Waals surface area contributed by atoms with Crippen molar-refractivity contribution in [2.45, 2.75) is 51.6 Å². The molecular formula is C14H28N2O. The lowest BCUT2D eigenvalue weighted by atomic mass is 10.1. The number of nitrogens with one attached hydrogen (secondary N) is 1. The highest BCUT2D eigenvalue weighted by atomic mass is 16.5. The van der Waals surface area contributed by atoms with Gasteiger partial charge in [-0.1, -0.05) is 13.3 Å². The van der Waals surface area contributed by atoms with Gasteiger partial charge in [0.2, 0.25) is 0 Å². The predicted molar refractivity (Wildman–Crippen MR) is 71.3 cm³/mol. The SMILES string of the molecule is CCC1CCC(NC(C)CN2CCOCC2)C1. The quantitative estimate of drug-likeness (QED) is 0.794. The van der Waals surface area contributed by atoms with Gasteiger partial charge in [-0.25, -0.2) is 0 Å². The zero-order valence-electron chi connectivity index (χ0n) is 11.5. The summed E-state index contributed by atoms with van der Waals surface area (Å²) < 4.78 is 5.38. The maximum atomic E-state index is 5.38. The molecule has 100 valence electrons. The number of ether oxygens (including phenoxy) is 1. The molecule has 17 heavy (non-hydrogen) atoms. The van der Waals surface area contributed by atoms with Crippen molar-refractivity contribution >= 4 is 0 Å². The maximum Gasteiger partial charge on any atom is 0.0594 e. The minimum atomic E-state index is 0.619. The van der Waals surface area contributed by atoms with Gasteiger partial charge in [0.05, 0.1) is 13.2 Å². The van der Waals surface area contributed by atoms with E-state index in [1.54, 1.807) is 0 Å². The van der Waals surface area contributed by atoms with E-state index in [9.17, 15) is 0 Å². The molecule has 0 aromatic rings. The fraction of sp³-hybridized carbons (Fsp3) is 1.00. The molecule has 0 amide bonds. The second kappa shape index (κ2) is 6.72. The Morgan fingerprint density at radius 1 is 1.29 bits per heavy atom. The summed E-state index contributed by atoms with van der Waals surface area (Å²) in [4.78, 5) is 2.52. The zero-order chi connectivity index (χ0) is 12.1. The summed E-state index contributed by atoms with van der Waals surface area (Å²) in [5, 5.41) is 3.81. The molecule has 3 unspecified atom stereocenters. The van der Waals surface area contributed by atoms with Crippen LogP contribution in [0.5, 0.6) is 0 Å². The Kier molecular flexibility index (Phi) is 5.26. The van der Waals surface area contributed by atoms with Crippen LogP contribution in [0.1, 0.15) is 39.5 Å². The molecule has 0 radical (unpaired) electrons. The van der Waals surface area contributed by atoms with E-state index in [1.807, 2.05) is 0 Å². The molecule has 0 bridgehead atoms. The lowest BCUT2D eigenvalue weighted by molar-refractivity contribution is 0.0338. The van der Waals surface area contributed by atoms with Crippen LogP contribution in [0.2, 0.25) is 0 Å². The summed E-state index contributed by atoms with van der Waals surface area (Å²) in [6.07, 6.45) is 5.56. The van der Waals surface area contributed by atoms with Crippen LogP contribution in [0.3, 0.4) is 0 Å². The van der Waals surface area contributed by atoms with Gasteiger partial charge in [0.25, 0.3) is 0 Å². The van der Waals surface area contributed by atoms with E-state index >= 15 is 0 Å². The van der Waals surface area contributed by atoms with E-state index < -0.39 is 0 Å². The van der Waals surface area contributed by atoms with E-state index in [-0.39, 0.29) is 0 Å². The van der Waals surface area contributed by atoms with Crippen LogP contribution in [0.15, 0.2) is 0 Å². The third-order valence-corrected chi connectivity index (χ3v) is 4.27. The number of nitrogens with zero attached hydrogens (tertiary/aromatic N) is 1. The second-order valence-electron chi connectivity index (χ2n) is 5.76. The summed E-state index contributed by atoms with van der Waals surface area (Å²) in [6, 6.07) is 1.39. The Balaban J connectivity index is 1.64. The van der Waals surface area contributed by atoms with Gasteiger partial charge in [0, 0.05) is 31.7 Å². The molecule has 1 heterocycles. The largest absolute Gasteiger partial charge is 0.379 e. The molecule has 1 aliphatic heterocycles. The minimum Gasteiger partial charge on any atom is -0.379 e. The number of rotatable bonds is 5. The molecule has 2 fully saturated rings. The van der Waals surface area contributed by atoms with Crippen molar-refractivity contribution in [3.8, 4) is 0 Å². The number of morpholine rings is 1. The van der Waals surface area contributed by atoms with Crippen LogP contribution < -0.4 is 5.32 Å². The van der Waals surface area contributed by atoms with Gasteiger partial charge in [-0.15, -0.1) is 0 Å². The van der Waals surface area contributed by atoms with Crippen molar-refractivity contribution in [1.82, 2.24) is 10.2 Å². The summed E-state index contributed by atoms with van der Waals surface area (Å²) >= 11 is 0. The van der Waals surface area contributed by atoms with Gasteiger partial charge in [-0.2, -0.15) is 0 Å². The zero-order valence-corrected chi connectivity index (χ0v) is 11.5. The normalized spacial score (nSPS) is 32.8. The van der Waals surface area contributed by atoms with E-state index in [0.717, 1.165) is 38.3 Å². The molecular weight excluding hydrogens is 212 g/mol. The van der Waals surface area contributed by atoms with Gasteiger partial charge in [-0.3, -0.25) is 4.90 Å².